The van der Waals surface area contributed by atoms with Gasteiger partial charge in [0.05, 0.1) is 6.04 Å². The Hall–Kier alpha value is -3.14. The van der Waals surface area contributed by atoms with Crippen LogP contribution in [0.15, 0.2) is 79.1 Å². The lowest BCUT2D eigenvalue weighted by atomic mass is 10.00. The minimum atomic E-state index is -0.246. The van der Waals surface area contributed by atoms with Crippen molar-refractivity contribution in [2.45, 2.75) is 13.0 Å². The molecule has 2 amide bonds. The molecular formula is C20H19N3O. The van der Waals surface area contributed by atoms with E-state index in [1.807, 2.05) is 73.7 Å². The number of rotatable bonds is 4. The van der Waals surface area contributed by atoms with Gasteiger partial charge in [0.15, 0.2) is 0 Å². The molecule has 2 aromatic carbocycles. The maximum absolute atomic E-state index is 12.4. The maximum Gasteiger partial charge on any atom is 0.319 e. The normalized spacial score (nSPS) is 11.5. The number of hydrogen-bond acceptors (Lipinski definition) is 2. The lowest BCUT2D eigenvalue weighted by Gasteiger charge is -2.20. The summed E-state index contributed by atoms with van der Waals surface area (Å²) in [6.07, 6.45) is 3.45. The molecule has 0 saturated heterocycles. The van der Waals surface area contributed by atoms with E-state index in [9.17, 15) is 4.79 Å². The summed E-state index contributed by atoms with van der Waals surface area (Å²) in [4.78, 5) is 16.5. The molecule has 0 aliphatic heterocycles. The number of nitrogens with one attached hydrogen (secondary N) is 2. The number of aryl methyl sites for hydroxylation is 1. The molecule has 1 atom stereocenters. The van der Waals surface area contributed by atoms with Crippen molar-refractivity contribution in [1.82, 2.24) is 10.3 Å². The molecule has 0 spiro atoms. The van der Waals surface area contributed by atoms with Crippen LogP contribution in [-0.2, 0) is 0 Å². The Morgan fingerprint density at radius 2 is 1.50 bits per heavy atom. The Kier molecular flexibility index (Phi) is 4.87. The lowest BCUT2D eigenvalue weighted by molar-refractivity contribution is 0.250. The van der Waals surface area contributed by atoms with E-state index in [4.69, 9.17) is 0 Å². The van der Waals surface area contributed by atoms with Gasteiger partial charge in [-0.15, -0.1) is 0 Å². The zero-order valence-electron chi connectivity index (χ0n) is 13.4. The van der Waals surface area contributed by atoms with Crippen molar-refractivity contribution in [3.8, 4) is 0 Å². The second kappa shape index (κ2) is 7.42. The van der Waals surface area contributed by atoms with E-state index >= 15 is 0 Å². The quantitative estimate of drug-likeness (QED) is 0.753. The van der Waals surface area contributed by atoms with Gasteiger partial charge in [-0.2, -0.15) is 0 Å². The van der Waals surface area contributed by atoms with Crippen LogP contribution in [-0.4, -0.2) is 11.0 Å². The summed E-state index contributed by atoms with van der Waals surface area (Å²) < 4.78 is 0. The SMILES string of the molecule is Cc1ccc(NC(=O)NC(c2ccccc2)c2ccncc2)cc1. The minimum absolute atomic E-state index is 0.236. The van der Waals surface area contributed by atoms with Gasteiger partial charge in [-0.1, -0.05) is 48.0 Å². The van der Waals surface area contributed by atoms with Gasteiger partial charge in [0.25, 0.3) is 0 Å². The maximum atomic E-state index is 12.4. The van der Waals surface area contributed by atoms with Gasteiger partial charge in [-0.25, -0.2) is 4.79 Å². The molecule has 0 fully saturated rings. The summed E-state index contributed by atoms with van der Waals surface area (Å²) in [6, 6.07) is 20.9. The number of nitrogens with zero attached hydrogens (tertiary/aromatic N) is 1. The Morgan fingerprint density at radius 1 is 0.875 bits per heavy atom. The van der Waals surface area contributed by atoms with Crippen LogP contribution >= 0.6 is 0 Å². The first-order valence-corrected chi connectivity index (χ1v) is 7.81. The first-order valence-electron chi connectivity index (χ1n) is 7.81. The van der Waals surface area contributed by atoms with Gasteiger partial charge in [-0.05, 0) is 42.3 Å². The van der Waals surface area contributed by atoms with Crippen LogP contribution in [0.25, 0.3) is 0 Å². The predicted molar refractivity (Wildman–Crippen MR) is 95.9 cm³/mol. The van der Waals surface area contributed by atoms with Crippen LogP contribution in [0, 0.1) is 6.92 Å². The Balaban J connectivity index is 1.79. The van der Waals surface area contributed by atoms with Crippen LogP contribution in [0.3, 0.4) is 0 Å². The molecule has 2 N–H and O–H groups in total. The van der Waals surface area contributed by atoms with Gasteiger partial charge in [0.2, 0.25) is 0 Å². The highest BCUT2D eigenvalue weighted by Crippen LogP contribution is 2.21. The van der Waals surface area contributed by atoms with Crippen molar-refractivity contribution < 1.29 is 4.79 Å². The Bertz CT molecular complexity index is 747. The summed E-state index contributed by atoms with van der Waals surface area (Å²) in [5.74, 6) is 0. The zero-order chi connectivity index (χ0) is 16.8. The van der Waals surface area contributed by atoms with E-state index < -0.39 is 0 Å². The molecule has 0 bridgehead atoms. The molecule has 4 heteroatoms. The van der Waals surface area contributed by atoms with Crippen molar-refractivity contribution in [2.24, 2.45) is 0 Å². The first-order chi connectivity index (χ1) is 11.7. The largest absolute Gasteiger partial charge is 0.327 e. The molecule has 24 heavy (non-hydrogen) atoms. The summed E-state index contributed by atoms with van der Waals surface area (Å²) in [5, 5.41) is 5.91. The lowest BCUT2D eigenvalue weighted by Crippen LogP contribution is -2.33. The average Bonchev–Trinajstić information content (AvgIpc) is 2.63. The molecule has 0 aliphatic rings. The van der Waals surface area contributed by atoms with E-state index in [1.54, 1.807) is 12.4 Å². The second-order valence-electron chi connectivity index (χ2n) is 5.59. The summed E-state index contributed by atoms with van der Waals surface area (Å²) in [7, 11) is 0. The van der Waals surface area contributed by atoms with Crippen LogP contribution < -0.4 is 10.6 Å². The van der Waals surface area contributed by atoms with Gasteiger partial charge in [-0.3, -0.25) is 4.98 Å². The number of aromatic nitrogens is 1. The highest BCUT2D eigenvalue weighted by molar-refractivity contribution is 5.89. The smallest absolute Gasteiger partial charge is 0.319 e. The fourth-order valence-corrected chi connectivity index (χ4v) is 2.50. The van der Waals surface area contributed by atoms with E-state index in [0.717, 1.165) is 22.4 Å². The van der Waals surface area contributed by atoms with Crippen molar-refractivity contribution in [3.63, 3.8) is 0 Å². The third-order valence-corrected chi connectivity index (χ3v) is 3.76. The van der Waals surface area contributed by atoms with Crippen molar-refractivity contribution in [1.29, 1.82) is 0 Å². The number of carbonyl (C=O) groups excluding carboxylic acids is 1. The fraction of sp³-hybridized carbons (Fsp3) is 0.100. The van der Waals surface area contributed by atoms with Gasteiger partial charge < -0.3 is 10.6 Å². The molecule has 1 unspecified atom stereocenters. The monoisotopic (exact) mass is 317 g/mol. The third kappa shape index (κ3) is 3.98. The third-order valence-electron chi connectivity index (χ3n) is 3.76. The first kappa shape index (κ1) is 15.7. The zero-order valence-corrected chi connectivity index (χ0v) is 13.4. The van der Waals surface area contributed by atoms with Crippen LogP contribution in [0.2, 0.25) is 0 Å². The number of hydrogen-bond donors (Lipinski definition) is 2. The van der Waals surface area contributed by atoms with Crippen molar-refractivity contribution >= 4 is 11.7 Å². The standard InChI is InChI=1S/C20H19N3O/c1-15-7-9-18(10-8-15)22-20(24)23-19(16-5-3-2-4-6-16)17-11-13-21-14-12-17/h2-14,19H,1H3,(H2,22,23,24). The number of pyridine rings is 1. The average molecular weight is 317 g/mol. The van der Waals surface area contributed by atoms with Crippen molar-refractivity contribution in [3.05, 3.63) is 95.8 Å². The Morgan fingerprint density at radius 3 is 2.17 bits per heavy atom. The molecule has 3 aromatic rings. The molecule has 0 radical (unpaired) electrons. The van der Waals surface area contributed by atoms with E-state index in [1.165, 1.54) is 0 Å². The molecule has 0 saturated carbocycles. The fourth-order valence-electron chi connectivity index (χ4n) is 2.50. The predicted octanol–water partition coefficient (Wildman–Crippen LogP) is 4.30. The van der Waals surface area contributed by atoms with E-state index in [-0.39, 0.29) is 12.1 Å². The molecule has 1 heterocycles. The molecule has 3 rings (SSSR count). The van der Waals surface area contributed by atoms with Crippen LogP contribution in [0.1, 0.15) is 22.7 Å². The number of carbonyl (C=O) groups is 1. The second-order valence-corrected chi connectivity index (χ2v) is 5.59. The van der Waals surface area contributed by atoms with Gasteiger partial charge in [0.1, 0.15) is 0 Å². The highest BCUT2D eigenvalue weighted by Gasteiger charge is 2.16. The highest BCUT2D eigenvalue weighted by atomic mass is 16.2. The molecular weight excluding hydrogens is 298 g/mol. The molecule has 0 aliphatic carbocycles. The summed E-state index contributed by atoms with van der Waals surface area (Å²) >= 11 is 0. The molecule has 4 nitrogen and oxygen atoms in total. The molecule has 120 valence electrons. The minimum Gasteiger partial charge on any atom is -0.327 e. The Labute approximate surface area is 141 Å². The number of urea groups is 1. The van der Waals surface area contributed by atoms with Crippen molar-refractivity contribution in [2.75, 3.05) is 5.32 Å². The van der Waals surface area contributed by atoms with E-state index in [2.05, 4.69) is 15.6 Å². The number of benzene rings is 2. The molecule has 1 aromatic heterocycles. The van der Waals surface area contributed by atoms with Crippen LogP contribution in [0.4, 0.5) is 10.5 Å². The van der Waals surface area contributed by atoms with Gasteiger partial charge >= 0.3 is 6.03 Å². The summed E-state index contributed by atoms with van der Waals surface area (Å²) in [5.41, 5.74) is 3.91. The van der Waals surface area contributed by atoms with Crippen LogP contribution in [0.5, 0.6) is 0 Å². The van der Waals surface area contributed by atoms with Gasteiger partial charge in [0, 0.05) is 18.1 Å². The summed E-state index contributed by atoms with van der Waals surface area (Å²) in [6.45, 7) is 2.01. The number of amides is 2. The topological polar surface area (TPSA) is 54.0 Å². The number of anilines is 1. The van der Waals surface area contributed by atoms with E-state index in [0.29, 0.717) is 0 Å².